The van der Waals surface area contributed by atoms with Crippen molar-refractivity contribution < 1.29 is 24.1 Å². The molecule has 0 spiro atoms. The Labute approximate surface area is 175 Å². The highest BCUT2D eigenvalue weighted by atomic mass is 35.5. The lowest BCUT2D eigenvalue weighted by atomic mass is 9.82. The third-order valence-corrected chi connectivity index (χ3v) is 5.15. The van der Waals surface area contributed by atoms with Crippen LogP contribution < -0.4 is 10.1 Å². The summed E-state index contributed by atoms with van der Waals surface area (Å²) in [6, 6.07) is 5.11. The Kier molecular flexibility index (Phi) is 9.36. The van der Waals surface area contributed by atoms with E-state index >= 15 is 0 Å². The van der Waals surface area contributed by atoms with E-state index in [9.17, 15) is 19.4 Å². The number of halogens is 3. The standard InChI is InChI=1S/C19H23FN2O4.2ClH/c1-26-12-3-4-16-13(8-12)18(15(20)10-22-16)17(23)5-2-11-6-7-21-9-14(11)19(24)25;;/h3-4,8,10-11,14,17,21,23H,2,5-7,9H2,1H3,(H,24,25);2*1H. The zero-order chi connectivity index (χ0) is 18.7. The molecule has 3 rings (SSSR count). The van der Waals surface area contributed by atoms with Crippen LogP contribution in [-0.2, 0) is 4.79 Å². The van der Waals surface area contributed by atoms with Crippen molar-refractivity contribution in [2.24, 2.45) is 11.8 Å². The van der Waals surface area contributed by atoms with Crippen LogP contribution in [0.2, 0.25) is 0 Å². The number of nitrogens with one attached hydrogen (secondary N) is 1. The van der Waals surface area contributed by atoms with E-state index in [0.717, 1.165) is 19.2 Å². The highest BCUT2D eigenvalue weighted by molar-refractivity contribution is 5.86. The second kappa shape index (κ2) is 10.8. The number of hydrogen-bond acceptors (Lipinski definition) is 5. The van der Waals surface area contributed by atoms with Crippen LogP contribution in [0.1, 0.15) is 30.9 Å². The van der Waals surface area contributed by atoms with Crippen molar-refractivity contribution in [3.8, 4) is 5.75 Å². The van der Waals surface area contributed by atoms with Crippen LogP contribution in [0.25, 0.3) is 10.9 Å². The van der Waals surface area contributed by atoms with E-state index in [-0.39, 0.29) is 36.3 Å². The van der Waals surface area contributed by atoms with Crippen molar-refractivity contribution in [1.29, 1.82) is 0 Å². The minimum Gasteiger partial charge on any atom is -0.497 e. The number of fused-ring (bicyclic) bond motifs is 1. The van der Waals surface area contributed by atoms with Gasteiger partial charge in [-0.25, -0.2) is 4.39 Å². The van der Waals surface area contributed by atoms with E-state index in [4.69, 9.17) is 4.74 Å². The maximum Gasteiger partial charge on any atom is 0.308 e. The first-order chi connectivity index (χ1) is 12.5. The summed E-state index contributed by atoms with van der Waals surface area (Å²) in [4.78, 5) is 15.5. The number of hydrogen-bond donors (Lipinski definition) is 3. The van der Waals surface area contributed by atoms with Gasteiger partial charge in [0.2, 0.25) is 0 Å². The normalized spacial score (nSPS) is 20.0. The predicted molar refractivity (Wildman–Crippen MR) is 109 cm³/mol. The molecule has 6 nitrogen and oxygen atoms in total. The Morgan fingerprint density at radius 2 is 2.18 bits per heavy atom. The van der Waals surface area contributed by atoms with Crippen LogP contribution >= 0.6 is 24.8 Å². The highest BCUT2D eigenvalue weighted by Gasteiger charge is 2.31. The Balaban J connectivity index is 0.00000196. The number of piperidine rings is 1. The second-order valence-corrected chi connectivity index (χ2v) is 6.69. The molecule has 1 aromatic carbocycles. The largest absolute Gasteiger partial charge is 0.497 e. The maximum absolute atomic E-state index is 14.4. The van der Waals surface area contributed by atoms with E-state index in [1.807, 2.05) is 0 Å². The summed E-state index contributed by atoms with van der Waals surface area (Å²) < 4.78 is 19.6. The van der Waals surface area contributed by atoms with Crippen molar-refractivity contribution in [2.45, 2.75) is 25.4 Å². The number of aliphatic carboxylic acids is 1. The number of ether oxygens (including phenoxy) is 1. The number of methoxy groups -OCH3 is 1. The first kappa shape index (κ1) is 24.4. The topological polar surface area (TPSA) is 91.7 Å². The van der Waals surface area contributed by atoms with Crippen LogP contribution in [0.15, 0.2) is 24.4 Å². The molecule has 1 fully saturated rings. The first-order valence-corrected chi connectivity index (χ1v) is 8.75. The summed E-state index contributed by atoms with van der Waals surface area (Å²) in [5.41, 5.74) is 0.765. The van der Waals surface area contributed by atoms with Gasteiger partial charge in [0.1, 0.15) is 11.6 Å². The van der Waals surface area contributed by atoms with Crippen molar-refractivity contribution in [3.05, 3.63) is 35.8 Å². The van der Waals surface area contributed by atoms with Gasteiger partial charge in [-0.2, -0.15) is 0 Å². The van der Waals surface area contributed by atoms with Crippen LogP contribution in [0.5, 0.6) is 5.75 Å². The number of carboxylic acid groups (broad SMARTS) is 1. The molecule has 0 aliphatic carbocycles. The Morgan fingerprint density at radius 1 is 1.43 bits per heavy atom. The number of benzene rings is 1. The Hall–Kier alpha value is -1.67. The summed E-state index contributed by atoms with van der Waals surface area (Å²) >= 11 is 0. The van der Waals surface area contributed by atoms with Gasteiger partial charge >= 0.3 is 5.97 Å². The molecule has 28 heavy (non-hydrogen) atoms. The molecule has 0 bridgehead atoms. The van der Waals surface area contributed by atoms with Gasteiger partial charge in [0.25, 0.3) is 0 Å². The van der Waals surface area contributed by atoms with Gasteiger partial charge in [-0.05, 0) is 49.9 Å². The highest BCUT2D eigenvalue weighted by Crippen LogP contribution is 2.33. The monoisotopic (exact) mass is 434 g/mol. The van der Waals surface area contributed by atoms with E-state index in [0.29, 0.717) is 36.0 Å². The third kappa shape index (κ3) is 5.23. The van der Waals surface area contributed by atoms with Crippen LogP contribution in [-0.4, -0.2) is 41.4 Å². The molecule has 2 heterocycles. The van der Waals surface area contributed by atoms with Crippen molar-refractivity contribution in [2.75, 3.05) is 20.2 Å². The fourth-order valence-electron chi connectivity index (χ4n) is 3.70. The van der Waals surface area contributed by atoms with Gasteiger partial charge in [0, 0.05) is 17.5 Å². The quantitative estimate of drug-likeness (QED) is 0.645. The van der Waals surface area contributed by atoms with Crippen LogP contribution in [0.4, 0.5) is 4.39 Å². The number of carboxylic acids is 1. The molecule has 3 atom stereocenters. The molecule has 0 amide bonds. The molecule has 9 heteroatoms. The molecular formula is C19H25Cl2FN2O4. The van der Waals surface area contributed by atoms with E-state index < -0.39 is 23.8 Å². The average molecular weight is 435 g/mol. The lowest BCUT2D eigenvalue weighted by molar-refractivity contribution is -0.144. The van der Waals surface area contributed by atoms with Crippen molar-refractivity contribution in [1.82, 2.24) is 10.3 Å². The number of carbonyl (C=O) groups is 1. The van der Waals surface area contributed by atoms with Gasteiger partial charge in [-0.1, -0.05) is 0 Å². The third-order valence-electron chi connectivity index (χ3n) is 5.15. The first-order valence-electron chi connectivity index (χ1n) is 8.75. The number of pyridine rings is 1. The zero-order valence-electron chi connectivity index (χ0n) is 15.4. The molecule has 156 valence electrons. The summed E-state index contributed by atoms with van der Waals surface area (Å²) in [7, 11) is 1.52. The van der Waals surface area contributed by atoms with E-state index in [1.165, 1.54) is 7.11 Å². The van der Waals surface area contributed by atoms with Gasteiger partial charge in [-0.15, -0.1) is 24.8 Å². The summed E-state index contributed by atoms with van der Waals surface area (Å²) in [5.74, 6) is -1.35. The van der Waals surface area contributed by atoms with Gasteiger partial charge in [-0.3, -0.25) is 9.78 Å². The molecule has 2 aromatic rings. The maximum atomic E-state index is 14.4. The molecule has 3 unspecified atom stereocenters. The number of rotatable bonds is 6. The molecule has 1 aliphatic rings. The fraction of sp³-hybridized carbons (Fsp3) is 0.474. The van der Waals surface area contributed by atoms with E-state index in [2.05, 4.69) is 10.3 Å². The summed E-state index contributed by atoms with van der Waals surface area (Å²) in [5, 5.41) is 23.6. The van der Waals surface area contributed by atoms with Crippen molar-refractivity contribution in [3.63, 3.8) is 0 Å². The number of aromatic nitrogens is 1. The lowest BCUT2D eigenvalue weighted by Gasteiger charge is -2.30. The van der Waals surface area contributed by atoms with Gasteiger partial charge < -0.3 is 20.3 Å². The minimum atomic E-state index is -1.03. The predicted octanol–water partition coefficient (Wildman–Crippen LogP) is 3.35. The van der Waals surface area contributed by atoms with Crippen molar-refractivity contribution >= 4 is 41.7 Å². The Morgan fingerprint density at radius 3 is 2.86 bits per heavy atom. The Bertz CT molecular complexity index is 809. The van der Waals surface area contributed by atoms with Crippen LogP contribution in [0.3, 0.4) is 0 Å². The molecule has 1 aromatic heterocycles. The fourth-order valence-corrected chi connectivity index (χ4v) is 3.70. The summed E-state index contributed by atoms with van der Waals surface area (Å²) in [6.45, 7) is 1.19. The average Bonchev–Trinajstić information content (AvgIpc) is 2.65. The summed E-state index contributed by atoms with van der Waals surface area (Å²) in [6.07, 6.45) is 1.63. The molecule has 1 saturated heterocycles. The lowest BCUT2D eigenvalue weighted by Crippen LogP contribution is -2.40. The minimum absolute atomic E-state index is 0. The molecule has 3 N–H and O–H groups in total. The van der Waals surface area contributed by atoms with Crippen LogP contribution in [0, 0.1) is 17.7 Å². The molecular weight excluding hydrogens is 410 g/mol. The molecule has 0 radical (unpaired) electrons. The molecule has 1 aliphatic heterocycles. The molecule has 0 saturated carbocycles. The smallest absolute Gasteiger partial charge is 0.308 e. The number of aliphatic hydroxyl groups is 1. The SMILES string of the molecule is COc1ccc2ncc(F)c(C(O)CCC3CCNCC3C(=O)O)c2c1.Cl.Cl. The van der Waals surface area contributed by atoms with Gasteiger partial charge in [0.15, 0.2) is 0 Å². The zero-order valence-corrected chi connectivity index (χ0v) is 17.1. The second-order valence-electron chi connectivity index (χ2n) is 6.69. The number of nitrogens with zero attached hydrogens (tertiary/aromatic N) is 1. The number of aliphatic hydroxyl groups excluding tert-OH is 1. The van der Waals surface area contributed by atoms with Gasteiger partial charge in [0.05, 0.1) is 30.8 Å². The van der Waals surface area contributed by atoms with E-state index in [1.54, 1.807) is 18.2 Å².